The van der Waals surface area contributed by atoms with Crippen molar-refractivity contribution in [3.63, 3.8) is 0 Å². The number of aromatic amines is 1. The van der Waals surface area contributed by atoms with Crippen LogP contribution in [0.15, 0.2) is 18.3 Å². The molecule has 0 unspecified atom stereocenters. The number of H-pyrrole nitrogens is 1. The molecule has 0 aliphatic rings. The second-order valence-electron chi connectivity index (χ2n) is 1.03. The molecule has 1 rings (SSSR count). The lowest BCUT2D eigenvalue weighted by atomic mass is 10.5. The van der Waals surface area contributed by atoms with Crippen molar-refractivity contribution in [2.24, 2.45) is 0 Å². The van der Waals surface area contributed by atoms with Crippen LogP contribution >= 0.6 is 0 Å². The monoisotopic (exact) mass is 98.1 g/mol. The van der Waals surface area contributed by atoms with Crippen molar-refractivity contribution in [2.45, 2.75) is 0 Å². The largest absolute Gasteiger partial charge is 0.359 e. The minimum Gasteiger partial charge on any atom is -0.359 e. The zero-order valence-corrected chi connectivity index (χ0v) is 3.49. The summed E-state index contributed by atoms with van der Waals surface area (Å²) in [6, 6.07) is -0.442. The van der Waals surface area contributed by atoms with Gasteiger partial charge >= 0.3 is 0 Å². The normalized spacial score (nSPS) is 14.6. The van der Waals surface area contributed by atoms with Gasteiger partial charge in [0.05, 0.1) is 9.81 Å². The van der Waals surface area contributed by atoms with Crippen molar-refractivity contribution in [3.8, 4) is 0 Å². The highest BCUT2D eigenvalue weighted by atomic mass is 16.1. The van der Waals surface area contributed by atoms with Gasteiger partial charge in [-0.25, -0.2) is 0 Å². The maximum atomic E-state index is 10.1. The minimum absolute atomic E-state index is 0.00463. The van der Waals surface area contributed by atoms with E-state index in [0.29, 0.717) is 6.29 Å². The summed E-state index contributed by atoms with van der Waals surface area (Å²) < 4.78 is 21.0. The third-order valence-corrected chi connectivity index (χ3v) is 0.575. The molecule has 1 N–H and O–H groups in total. The lowest BCUT2D eigenvalue weighted by Crippen LogP contribution is -1.72. The highest BCUT2D eigenvalue weighted by Crippen LogP contribution is 1.85. The molecule has 0 bridgehead atoms. The molecule has 1 aromatic rings. The van der Waals surface area contributed by atoms with Crippen molar-refractivity contribution in [1.29, 1.82) is 0 Å². The van der Waals surface area contributed by atoms with E-state index in [0.717, 1.165) is 0 Å². The summed E-state index contributed by atoms with van der Waals surface area (Å²) in [5.74, 6) is 0. The predicted molar refractivity (Wildman–Crippen MR) is 26.2 cm³/mol. The molecule has 0 fully saturated rings. The predicted octanol–water partition coefficient (Wildman–Crippen LogP) is 0.827. The maximum Gasteiger partial charge on any atom is 0.166 e. The van der Waals surface area contributed by atoms with Gasteiger partial charge in [0.25, 0.3) is 0 Å². The first-order valence-electron chi connectivity index (χ1n) is 3.27. The van der Waals surface area contributed by atoms with E-state index < -0.39 is 0 Å². The first kappa shape index (κ1) is 1.82. The molecular weight excluding hydrogens is 90.1 g/mol. The molecule has 2 nitrogen and oxygen atoms in total. The Morgan fingerprint density at radius 3 is 3.14 bits per heavy atom. The van der Waals surface area contributed by atoms with Crippen LogP contribution < -0.4 is 0 Å². The van der Waals surface area contributed by atoms with Gasteiger partial charge in [0.1, 0.15) is 0 Å². The first-order valence-corrected chi connectivity index (χ1v) is 1.77. The SMILES string of the molecule is [2H]c1[nH]c(C=O)c([2H])c1[2H]. The molecule has 36 valence electrons. The third kappa shape index (κ3) is 0.682. The summed E-state index contributed by atoms with van der Waals surface area (Å²) in [7, 11) is 0. The molecule has 2 heteroatoms. The zero-order chi connectivity index (χ0) is 7.72. The van der Waals surface area contributed by atoms with Crippen LogP contribution in [0, 0.1) is 0 Å². The molecule has 0 saturated heterocycles. The van der Waals surface area contributed by atoms with E-state index in [-0.39, 0.29) is 24.0 Å². The fourth-order valence-electron chi connectivity index (χ4n) is 0.287. The van der Waals surface area contributed by atoms with E-state index >= 15 is 0 Å². The van der Waals surface area contributed by atoms with E-state index in [1.807, 2.05) is 0 Å². The summed E-state index contributed by atoms with van der Waals surface area (Å²) in [4.78, 5) is 12.4. The van der Waals surface area contributed by atoms with Gasteiger partial charge in [0, 0.05) is 6.17 Å². The number of aromatic nitrogens is 1. The summed E-state index contributed by atoms with van der Waals surface area (Å²) in [5, 5.41) is 0. The van der Waals surface area contributed by atoms with Gasteiger partial charge in [-0.2, -0.15) is 0 Å². The fourth-order valence-corrected chi connectivity index (χ4v) is 0.287. The number of hydrogen-bond donors (Lipinski definition) is 1. The Kier molecular flexibility index (Phi) is 0.416. The summed E-state index contributed by atoms with van der Waals surface area (Å²) in [6.07, 6.45) is 0.241. The first-order chi connectivity index (χ1) is 4.66. The number of carbonyl (C=O) groups excluding carboxylic acids is 1. The highest BCUT2D eigenvalue weighted by Gasteiger charge is 1.81. The molecule has 0 saturated carbocycles. The van der Waals surface area contributed by atoms with Gasteiger partial charge in [-0.3, -0.25) is 4.79 Å². The van der Waals surface area contributed by atoms with Crippen LogP contribution in [0.5, 0.6) is 0 Å². The van der Waals surface area contributed by atoms with E-state index in [2.05, 4.69) is 4.98 Å². The summed E-state index contributed by atoms with van der Waals surface area (Å²) in [6.45, 7) is 0. The summed E-state index contributed by atoms with van der Waals surface area (Å²) >= 11 is 0. The molecule has 0 spiro atoms. The third-order valence-electron chi connectivity index (χ3n) is 0.575. The molecular formula is C5H5NO. The van der Waals surface area contributed by atoms with Crippen molar-refractivity contribution < 1.29 is 8.91 Å². The Morgan fingerprint density at radius 2 is 2.86 bits per heavy atom. The maximum absolute atomic E-state index is 10.1. The van der Waals surface area contributed by atoms with Crippen LogP contribution in [-0.2, 0) is 0 Å². The fraction of sp³-hybridized carbons (Fsp3) is 0. The second kappa shape index (κ2) is 1.60. The average molecular weight is 98.1 g/mol. The smallest absolute Gasteiger partial charge is 0.166 e. The van der Waals surface area contributed by atoms with E-state index in [1.165, 1.54) is 0 Å². The van der Waals surface area contributed by atoms with Crippen molar-refractivity contribution in [3.05, 3.63) is 24.0 Å². The van der Waals surface area contributed by atoms with Gasteiger partial charge in [-0.1, -0.05) is 0 Å². The molecule has 0 amide bonds. The van der Waals surface area contributed by atoms with Crippen LogP contribution in [0.25, 0.3) is 0 Å². The molecule has 0 radical (unpaired) electrons. The standard InChI is InChI=1S/C5H5NO/c7-4-5-2-1-3-6-5/h1-4,6H/i1D,2D,3D. The minimum atomic E-state index is -0.234. The van der Waals surface area contributed by atoms with Crippen LogP contribution in [0.2, 0.25) is 0 Å². The molecule has 1 heterocycles. The van der Waals surface area contributed by atoms with Crippen molar-refractivity contribution in [1.82, 2.24) is 4.98 Å². The van der Waals surface area contributed by atoms with Gasteiger partial charge < -0.3 is 4.98 Å². The van der Waals surface area contributed by atoms with Crippen LogP contribution in [0.4, 0.5) is 0 Å². The topological polar surface area (TPSA) is 32.9 Å². The number of hydrogen-bond acceptors (Lipinski definition) is 1. The summed E-state index contributed by atoms with van der Waals surface area (Å²) in [5.41, 5.74) is -0.00463. The highest BCUT2D eigenvalue weighted by molar-refractivity contribution is 5.71. The Morgan fingerprint density at radius 1 is 2.00 bits per heavy atom. The Hall–Kier alpha value is -1.05. The lowest BCUT2D eigenvalue weighted by Gasteiger charge is -1.70. The second-order valence-corrected chi connectivity index (χ2v) is 1.03. The Bertz CT molecular complexity index is 268. The molecule has 0 atom stereocenters. The Labute approximate surface area is 45.4 Å². The molecule has 0 aliphatic carbocycles. The van der Waals surface area contributed by atoms with Gasteiger partial charge in [-0.15, -0.1) is 0 Å². The van der Waals surface area contributed by atoms with Gasteiger partial charge in [0.15, 0.2) is 6.29 Å². The molecule has 1 aromatic heterocycles. The van der Waals surface area contributed by atoms with Crippen molar-refractivity contribution in [2.75, 3.05) is 0 Å². The van der Waals surface area contributed by atoms with Crippen LogP contribution in [0.1, 0.15) is 14.6 Å². The average Bonchev–Trinajstić information content (AvgIpc) is 2.17. The van der Waals surface area contributed by atoms with Crippen molar-refractivity contribution >= 4 is 6.29 Å². The number of aldehydes is 1. The van der Waals surface area contributed by atoms with E-state index in [4.69, 9.17) is 4.11 Å². The number of carbonyl (C=O) groups is 1. The van der Waals surface area contributed by atoms with Gasteiger partial charge in [0.2, 0.25) is 0 Å². The molecule has 0 aliphatic heterocycles. The number of rotatable bonds is 1. The van der Waals surface area contributed by atoms with E-state index in [1.54, 1.807) is 0 Å². The quantitative estimate of drug-likeness (QED) is 0.518. The van der Waals surface area contributed by atoms with Crippen LogP contribution in [0.3, 0.4) is 0 Å². The van der Waals surface area contributed by atoms with Crippen LogP contribution in [-0.4, -0.2) is 11.3 Å². The number of nitrogens with one attached hydrogen (secondary N) is 1. The van der Waals surface area contributed by atoms with Gasteiger partial charge in [-0.05, 0) is 12.1 Å². The van der Waals surface area contributed by atoms with E-state index in [9.17, 15) is 4.79 Å². The lowest BCUT2D eigenvalue weighted by molar-refractivity contribution is 0.111. The zero-order valence-electron chi connectivity index (χ0n) is 6.49. The molecule has 7 heavy (non-hydrogen) atoms. The Balaban J connectivity index is 3.30. The molecule has 0 aromatic carbocycles.